The Hall–Kier alpha value is -6.20. The van der Waals surface area contributed by atoms with Crippen LogP contribution < -0.4 is 0 Å². The summed E-state index contributed by atoms with van der Waals surface area (Å²) < 4.78 is 6.37. The minimum Gasteiger partial charge on any atom is -0.456 e. The van der Waals surface area contributed by atoms with Crippen molar-refractivity contribution in [2.75, 3.05) is 0 Å². The minimum absolute atomic E-state index is 0.594. The van der Waals surface area contributed by atoms with Gasteiger partial charge in [0, 0.05) is 45.2 Å². The van der Waals surface area contributed by atoms with Gasteiger partial charge in [-0.3, -0.25) is 4.98 Å². The van der Waals surface area contributed by atoms with Gasteiger partial charge in [0.1, 0.15) is 11.2 Å². The fourth-order valence-electron chi connectivity index (χ4n) is 6.23. The van der Waals surface area contributed by atoms with Gasteiger partial charge in [0.15, 0.2) is 17.5 Å². The van der Waals surface area contributed by atoms with Crippen molar-refractivity contribution >= 4 is 43.5 Å². The third-order valence-electron chi connectivity index (χ3n) is 8.37. The third kappa shape index (κ3) is 4.33. The predicted molar refractivity (Wildman–Crippen MR) is 182 cm³/mol. The lowest BCUT2D eigenvalue weighted by atomic mass is 9.95. The maximum Gasteiger partial charge on any atom is 0.164 e. The summed E-state index contributed by atoms with van der Waals surface area (Å²) in [4.78, 5) is 19.6. The van der Waals surface area contributed by atoms with Crippen LogP contribution in [0, 0.1) is 0 Å². The van der Waals surface area contributed by atoms with Crippen LogP contribution >= 0.6 is 0 Å². The largest absolute Gasteiger partial charge is 0.456 e. The number of nitrogens with zero attached hydrogens (tertiary/aromatic N) is 4. The van der Waals surface area contributed by atoms with Crippen LogP contribution in [0.4, 0.5) is 0 Å². The van der Waals surface area contributed by atoms with E-state index in [-0.39, 0.29) is 0 Å². The summed E-state index contributed by atoms with van der Waals surface area (Å²) in [5.74, 6) is 1.82. The van der Waals surface area contributed by atoms with E-state index in [1.807, 2.05) is 67.0 Å². The molecule has 0 unspecified atom stereocenters. The van der Waals surface area contributed by atoms with Crippen molar-refractivity contribution < 1.29 is 4.42 Å². The first-order chi connectivity index (χ1) is 22.3. The summed E-state index contributed by atoms with van der Waals surface area (Å²) in [5, 5.41) is 6.43. The molecule has 3 aromatic heterocycles. The van der Waals surface area contributed by atoms with Gasteiger partial charge in [-0.25, -0.2) is 15.0 Å². The normalized spacial score (nSPS) is 11.6. The highest BCUT2D eigenvalue weighted by Gasteiger charge is 2.19. The third-order valence-corrected chi connectivity index (χ3v) is 8.37. The Balaban J connectivity index is 1.32. The average Bonchev–Trinajstić information content (AvgIpc) is 3.48. The average molecular weight is 577 g/mol. The second kappa shape index (κ2) is 10.2. The molecule has 0 atom stereocenters. The Morgan fingerprint density at radius 3 is 2.00 bits per heavy atom. The second-order valence-corrected chi connectivity index (χ2v) is 11.1. The van der Waals surface area contributed by atoms with Crippen LogP contribution in [0.15, 0.2) is 150 Å². The van der Waals surface area contributed by atoms with Gasteiger partial charge in [0.05, 0.1) is 0 Å². The van der Waals surface area contributed by atoms with Crippen LogP contribution in [0.5, 0.6) is 0 Å². The molecule has 0 aliphatic rings. The van der Waals surface area contributed by atoms with E-state index in [1.54, 1.807) is 0 Å². The van der Waals surface area contributed by atoms with Crippen molar-refractivity contribution in [2.45, 2.75) is 0 Å². The molecule has 0 saturated heterocycles. The lowest BCUT2D eigenvalue weighted by Gasteiger charge is -2.12. The summed E-state index contributed by atoms with van der Waals surface area (Å²) in [6.45, 7) is 0. The SMILES string of the molecule is c1ccc(-c2nc(-c3cc(-c4ccccc4)c4ccccc4c3)nc(-c3cccc4oc5cc6cnccc6cc5c34)n2)cc1. The molecule has 0 N–H and O–H groups in total. The van der Waals surface area contributed by atoms with E-state index >= 15 is 0 Å². The molecule has 5 heteroatoms. The van der Waals surface area contributed by atoms with E-state index in [2.05, 4.69) is 83.8 Å². The summed E-state index contributed by atoms with van der Waals surface area (Å²) in [6.07, 6.45) is 3.68. The maximum atomic E-state index is 6.37. The summed E-state index contributed by atoms with van der Waals surface area (Å²) in [6, 6.07) is 45.7. The highest BCUT2D eigenvalue weighted by molar-refractivity contribution is 6.15. The van der Waals surface area contributed by atoms with Gasteiger partial charge < -0.3 is 4.42 Å². The molecule has 9 aromatic rings. The molecule has 0 fully saturated rings. The zero-order chi connectivity index (χ0) is 29.7. The lowest BCUT2D eigenvalue weighted by molar-refractivity contribution is 0.669. The van der Waals surface area contributed by atoms with Crippen LogP contribution in [-0.4, -0.2) is 19.9 Å². The molecule has 45 heavy (non-hydrogen) atoms. The van der Waals surface area contributed by atoms with E-state index in [0.717, 1.165) is 65.9 Å². The van der Waals surface area contributed by atoms with Crippen molar-refractivity contribution in [2.24, 2.45) is 0 Å². The van der Waals surface area contributed by atoms with Gasteiger partial charge in [-0.05, 0) is 63.7 Å². The minimum atomic E-state index is 0.594. The van der Waals surface area contributed by atoms with E-state index < -0.39 is 0 Å². The maximum absolute atomic E-state index is 6.37. The number of rotatable bonds is 4. The van der Waals surface area contributed by atoms with E-state index in [9.17, 15) is 0 Å². The number of benzene rings is 6. The van der Waals surface area contributed by atoms with Crippen molar-refractivity contribution in [3.63, 3.8) is 0 Å². The number of hydrogen-bond donors (Lipinski definition) is 0. The molecule has 0 amide bonds. The first kappa shape index (κ1) is 25.3. The van der Waals surface area contributed by atoms with Gasteiger partial charge in [-0.2, -0.15) is 0 Å². The molecule has 0 aliphatic heterocycles. The molecule has 0 saturated carbocycles. The standard InChI is InChI=1S/C40H24N4O/c1-3-10-25(11-4-1)33-22-29(20-28-14-7-8-15-31(28)33)39-42-38(26-12-5-2-6-13-26)43-40(44-39)32-16-9-17-35-37(32)34-21-27-18-19-41-24-30(27)23-36(34)45-35/h1-24H. The highest BCUT2D eigenvalue weighted by atomic mass is 16.3. The molecule has 0 spiro atoms. The molecule has 6 aromatic carbocycles. The van der Waals surface area contributed by atoms with Crippen LogP contribution in [0.3, 0.4) is 0 Å². The second-order valence-electron chi connectivity index (χ2n) is 11.1. The monoisotopic (exact) mass is 576 g/mol. The van der Waals surface area contributed by atoms with Gasteiger partial charge in [0.25, 0.3) is 0 Å². The Morgan fingerprint density at radius 1 is 0.422 bits per heavy atom. The lowest BCUT2D eigenvalue weighted by Crippen LogP contribution is -2.00. The Morgan fingerprint density at radius 2 is 1.16 bits per heavy atom. The Labute approximate surface area is 258 Å². The van der Waals surface area contributed by atoms with Crippen molar-refractivity contribution in [3.05, 3.63) is 146 Å². The molecule has 5 nitrogen and oxygen atoms in total. The highest BCUT2D eigenvalue weighted by Crippen LogP contribution is 2.39. The summed E-state index contributed by atoms with van der Waals surface area (Å²) in [7, 11) is 0. The molecular weight excluding hydrogens is 552 g/mol. The molecule has 0 aliphatic carbocycles. The topological polar surface area (TPSA) is 64.7 Å². The Kier molecular flexibility index (Phi) is 5.74. The summed E-state index contributed by atoms with van der Waals surface area (Å²) in [5.41, 5.74) is 6.61. The first-order valence-corrected chi connectivity index (χ1v) is 14.9. The van der Waals surface area contributed by atoms with E-state index in [1.165, 1.54) is 5.39 Å². The van der Waals surface area contributed by atoms with Gasteiger partial charge in [-0.15, -0.1) is 0 Å². The van der Waals surface area contributed by atoms with Crippen LogP contribution in [0.2, 0.25) is 0 Å². The van der Waals surface area contributed by atoms with Crippen LogP contribution in [0.1, 0.15) is 0 Å². The van der Waals surface area contributed by atoms with Gasteiger partial charge in [0.2, 0.25) is 0 Å². The smallest absolute Gasteiger partial charge is 0.164 e. The van der Waals surface area contributed by atoms with Crippen LogP contribution in [0.25, 0.3) is 88.8 Å². The zero-order valence-corrected chi connectivity index (χ0v) is 24.1. The molecule has 3 heterocycles. The predicted octanol–water partition coefficient (Wildman–Crippen LogP) is 10.1. The molecule has 210 valence electrons. The first-order valence-electron chi connectivity index (χ1n) is 14.9. The van der Waals surface area contributed by atoms with Gasteiger partial charge in [-0.1, -0.05) is 97.1 Å². The zero-order valence-electron chi connectivity index (χ0n) is 24.1. The Bertz CT molecular complexity index is 2540. The summed E-state index contributed by atoms with van der Waals surface area (Å²) >= 11 is 0. The fourth-order valence-corrected chi connectivity index (χ4v) is 6.23. The number of aromatic nitrogens is 4. The van der Waals surface area contributed by atoms with E-state index in [4.69, 9.17) is 19.4 Å². The van der Waals surface area contributed by atoms with Crippen LogP contribution in [-0.2, 0) is 0 Å². The number of pyridine rings is 1. The number of hydrogen-bond acceptors (Lipinski definition) is 5. The van der Waals surface area contributed by atoms with Crippen molar-refractivity contribution in [1.29, 1.82) is 0 Å². The quantitative estimate of drug-likeness (QED) is 0.209. The molecular formula is C40H24N4O. The number of fused-ring (bicyclic) bond motifs is 5. The number of furan rings is 1. The molecule has 0 bridgehead atoms. The van der Waals surface area contributed by atoms with Crippen molar-refractivity contribution in [3.8, 4) is 45.3 Å². The van der Waals surface area contributed by atoms with Crippen molar-refractivity contribution in [1.82, 2.24) is 19.9 Å². The van der Waals surface area contributed by atoms with E-state index in [0.29, 0.717) is 17.5 Å². The molecule has 0 radical (unpaired) electrons. The fraction of sp³-hybridized carbons (Fsp3) is 0. The molecule has 9 rings (SSSR count). The van der Waals surface area contributed by atoms with Gasteiger partial charge >= 0.3 is 0 Å².